The van der Waals surface area contributed by atoms with Gasteiger partial charge in [0.05, 0.1) is 15.4 Å². The number of aromatic nitrogens is 1. The van der Waals surface area contributed by atoms with Crippen LogP contribution in [0, 0.1) is 6.92 Å². The molecular weight excluding hydrogens is 344 g/mol. The van der Waals surface area contributed by atoms with Crippen molar-refractivity contribution in [3.63, 3.8) is 0 Å². The van der Waals surface area contributed by atoms with Crippen LogP contribution in [-0.2, 0) is 10.0 Å². The lowest BCUT2D eigenvalue weighted by Crippen LogP contribution is -2.15. The molecule has 0 saturated heterocycles. The first-order valence-electron chi connectivity index (χ1n) is 6.73. The standard InChI is InChI=1S/C16H12ClF2NO2S/c1-10-7-8-13-12(15(10)17)9-14(16(18)19)20(13)23(21,22)11-5-3-2-4-6-11/h2-9,16H,1H3. The number of fused-ring (bicyclic) bond motifs is 1. The molecule has 3 rings (SSSR count). The highest BCUT2D eigenvalue weighted by atomic mass is 35.5. The Morgan fingerprint density at radius 2 is 1.74 bits per heavy atom. The first-order chi connectivity index (χ1) is 10.8. The van der Waals surface area contributed by atoms with Gasteiger partial charge in [-0.1, -0.05) is 35.9 Å². The summed E-state index contributed by atoms with van der Waals surface area (Å²) in [6, 6.07) is 11.7. The highest BCUT2D eigenvalue weighted by molar-refractivity contribution is 7.90. The maximum Gasteiger partial charge on any atom is 0.279 e. The number of benzene rings is 2. The average molecular weight is 356 g/mol. The lowest BCUT2D eigenvalue weighted by Gasteiger charge is -2.11. The molecule has 23 heavy (non-hydrogen) atoms. The zero-order valence-electron chi connectivity index (χ0n) is 12.0. The van der Waals surface area contributed by atoms with Gasteiger partial charge in [-0.3, -0.25) is 0 Å². The molecule has 3 nitrogen and oxygen atoms in total. The Morgan fingerprint density at radius 1 is 1.09 bits per heavy atom. The number of nitrogens with zero attached hydrogens (tertiary/aromatic N) is 1. The van der Waals surface area contributed by atoms with E-state index < -0.39 is 22.1 Å². The first kappa shape index (κ1) is 16.0. The molecule has 0 unspecified atom stereocenters. The van der Waals surface area contributed by atoms with Crippen molar-refractivity contribution in [1.29, 1.82) is 0 Å². The summed E-state index contributed by atoms with van der Waals surface area (Å²) in [4.78, 5) is -0.0592. The van der Waals surface area contributed by atoms with E-state index in [-0.39, 0.29) is 15.4 Å². The number of hydrogen-bond acceptors (Lipinski definition) is 2. The Hall–Kier alpha value is -1.92. The molecule has 0 aliphatic rings. The van der Waals surface area contributed by atoms with E-state index in [9.17, 15) is 17.2 Å². The Kier molecular flexibility index (Phi) is 3.90. The molecule has 7 heteroatoms. The molecule has 0 spiro atoms. The molecule has 0 aliphatic heterocycles. The zero-order valence-corrected chi connectivity index (χ0v) is 13.6. The molecule has 1 heterocycles. The van der Waals surface area contributed by atoms with E-state index in [1.54, 1.807) is 19.1 Å². The van der Waals surface area contributed by atoms with Crippen LogP contribution in [0.4, 0.5) is 8.78 Å². The molecule has 120 valence electrons. The van der Waals surface area contributed by atoms with Crippen LogP contribution in [-0.4, -0.2) is 12.4 Å². The third-order valence-electron chi connectivity index (χ3n) is 3.60. The monoisotopic (exact) mass is 355 g/mol. The van der Waals surface area contributed by atoms with Crippen LogP contribution >= 0.6 is 11.6 Å². The predicted octanol–water partition coefficient (Wildman–Crippen LogP) is 4.78. The van der Waals surface area contributed by atoms with E-state index in [2.05, 4.69) is 0 Å². The molecule has 0 atom stereocenters. The van der Waals surface area contributed by atoms with E-state index >= 15 is 0 Å². The van der Waals surface area contributed by atoms with Crippen LogP contribution in [0.2, 0.25) is 5.02 Å². The van der Waals surface area contributed by atoms with Gasteiger partial charge in [0.25, 0.3) is 16.4 Å². The zero-order chi connectivity index (χ0) is 16.8. The summed E-state index contributed by atoms with van der Waals surface area (Å²) in [6.45, 7) is 1.73. The molecule has 3 aromatic rings. The van der Waals surface area contributed by atoms with Crippen molar-refractivity contribution in [2.45, 2.75) is 18.2 Å². The van der Waals surface area contributed by atoms with Gasteiger partial charge in [-0.25, -0.2) is 21.2 Å². The molecule has 0 radical (unpaired) electrons. The van der Waals surface area contributed by atoms with Crippen molar-refractivity contribution >= 4 is 32.5 Å². The summed E-state index contributed by atoms with van der Waals surface area (Å²) in [5.74, 6) is 0. The minimum Gasteiger partial charge on any atom is -0.232 e. The van der Waals surface area contributed by atoms with E-state index in [0.29, 0.717) is 14.9 Å². The number of halogens is 3. The lowest BCUT2D eigenvalue weighted by atomic mass is 10.2. The van der Waals surface area contributed by atoms with Crippen molar-refractivity contribution < 1.29 is 17.2 Å². The van der Waals surface area contributed by atoms with Gasteiger partial charge in [0.2, 0.25) is 0 Å². The largest absolute Gasteiger partial charge is 0.279 e. The van der Waals surface area contributed by atoms with Gasteiger partial charge in [0, 0.05) is 5.39 Å². The first-order valence-corrected chi connectivity index (χ1v) is 8.55. The van der Waals surface area contributed by atoms with Crippen molar-refractivity contribution in [2.24, 2.45) is 0 Å². The normalized spacial score (nSPS) is 12.2. The van der Waals surface area contributed by atoms with Crippen molar-refractivity contribution in [1.82, 2.24) is 3.97 Å². The molecule has 0 bridgehead atoms. The number of alkyl halides is 2. The highest BCUT2D eigenvalue weighted by Gasteiger charge is 2.27. The van der Waals surface area contributed by atoms with E-state index in [0.717, 1.165) is 6.07 Å². The van der Waals surface area contributed by atoms with Gasteiger partial charge in [0.15, 0.2) is 0 Å². The topological polar surface area (TPSA) is 39.1 Å². The van der Waals surface area contributed by atoms with Crippen LogP contribution in [0.5, 0.6) is 0 Å². The Bertz CT molecular complexity index is 982. The molecule has 1 aromatic heterocycles. The second-order valence-electron chi connectivity index (χ2n) is 5.08. The SMILES string of the molecule is Cc1ccc2c(cc(C(F)F)n2S(=O)(=O)c2ccccc2)c1Cl. The fourth-order valence-electron chi connectivity index (χ4n) is 2.47. The summed E-state index contributed by atoms with van der Waals surface area (Å²) < 4.78 is 53.1. The maximum absolute atomic E-state index is 13.4. The lowest BCUT2D eigenvalue weighted by molar-refractivity contribution is 0.145. The smallest absolute Gasteiger partial charge is 0.232 e. The second-order valence-corrected chi connectivity index (χ2v) is 7.25. The predicted molar refractivity (Wildman–Crippen MR) is 85.7 cm³/mol. The maximum atomic E-state index is 13.4. The fourth-order valence-corrected chi connectivity index (χ4v) is 4.22. The van der Waals surface area contributed by atoms with Crippen molar-refractivity contribution in [2.75, 3.05) is 0 Å². The van der Waals surface area contributed by atoms with Gasteiger partial charge in [-0.05, 0) is 36.8 Å². The van der Waals surface area contributed by atoms with Gasteiger partial charge >= 0.3 is 0 Å². The number of rotatable bonds is 3. The van der Waals surface area contributed by atoms with Gasteiger partial charge in [-0.15, -0.1) is 0 Å². The molecule has 0 saturated carbocycles. The minimum atomic E-state index is -4.15. The van der Waals surface area contributed by atoms with Gasteiger partial charge in [0.1, 0.15) is 5.69 Å². The Balaban J connectivity index is 2.41. The third kappa shape index (κ3) is 2.52. The average Bonchev–Trinajstić information content (AvgIpc) is 2.93. The summed E-state index contributed by atoms with van der Waals surface area (Å²) in [6.07, 6.45) is -2.95. The number of aryl methyl sites for hydroxylation is 1. The molecular formula is C16H12ClF2NO2S. The number of hydrogen-bond donors (Lipinski definition) is 0. The van der Waals surface area contributed by atoms with E-state index in [1.807, 2.05) is 0 Å². The van der Waals surface area contributed by atoms with Crippen molar-refractivity contribution in [3.05, 3.63) is 64.8 Å². The van der Waals surface area contributed by atoms with Crippen LogP contribution in [0.15, 0.2) is 53.4 Å². The minimum absolute atomic E-state index is 0.0592. The molecule has 2 aromatic carbocycles. The molecule has 0 amide bonds. The van der Waals surface area contributed by atoms with Crippen LogP contribution in [0.3, 0.4) is 0 Å². The highest BCUT2D eigenvalue weighted by Crippen LogP contribution is 2.35. The Labute approximate surface area is 137 Å². The van der Waals surface area contributed by atoms with Gasteiger partial charge < -0.3 is 0 Å². The van der Waals surface area contributed by atoms with Crippen LogP contribution in [0.1, 0.15) is 17.7 Å². The molecule has 0 fully saturated rings. The van der Waals surface area contributed by atoms with Crippen molar-refractivity contribution in [3.8, 4) is 0 Å². The fraction of sp³-hybridized carbons (Fsp3) is 0.125. The quantitative estimate of drug-likeness (QED) is 0.678. The summed E-state index contributed by atoms with van der Waals surface area (Å²) in [5, 5.41) is 0.563. The van der Waals surface area contributed by atoms with Gasteiger partial charge in [-0.2, -0.15) is 0 Å². The van der Waals surface area contributed by atoms with E-state index in [4.69, 9.17) is 11.6 Å². The molecule has 0 N–H and O–H groups in total. The summed E-state index contributed by atoms with van der Waals surface area (Å²) >= 11 is 6.16. The van der Waals surface area contributed by atoms with E-state index in [1.165, 1.54) is 30.3 Å². The summed E-state index contributed by atoms with van der Waals surface area (Å²) in [5.41, 5.74) is 0.227. The van der Waals surface area contributed by atoms with Crippen LogP contribution in [0.25, 0.3) is 10.9 Å². The summed E-state index contributed by atoms with van der Waals surface area (Å²) in [7, 11) is -4.15. The molecule has 0 aliphatic carbocycles. The third-order valence-corrected chi connectivity index (χ3v) is 5.86. The second kappa shape index (κ2) is 5.62. The Morgan fingerprint density at radius 3 is 2.35 bits per heavy atom. The van der Waals surface area contributed by atoms with Crippen LogP contribution < -0.4 is 0 Å².